The first kappa shape index (κ1) is 24.9. The first-order chi connectivity index (χ1) is 19.0. The molecule has 5 aromatic rings. The number of hydrogen-bond donors (Lipinski definition) is 2. The Morgan fingerprint density at radius 2 is 1.97 bits per heavy atom. The molecule has 0 bridgehead atoms. The number of hydrogen-bond acceptors (Lipinski definition) is 5. The van der Waals surface area contributed by atoms with Crippen molar-refractivity contribution < 1.29 is 4.79 Å². The van der Waals surface area contributed by atoms with E-state index in [1.54, 1.807) is 11.3 Å². The smallest absolute Gasteiger partial charge is 0.246 e. The highest BCUT2D eigenvalue weighted by Gasteiger charge is 2.24. The van der Waals surface area contributed by atoms with Gasteiger partial charge in [-0.2, -0.15) is 0 Å². The van der Waals surface area contributed by atoms with Crippen LogP contribution in [0.3, 0.4) is 0 Å². The first-order valence-electron chi connectivity index (χ1n) is 13.0. The van der Waals surface area contributed by atoms with Crippen molar-refractivity contribution in [2.75, 3.05) is 13.1 Å². The summed E-state index contributed by atoms with van der Waals surface area (Å²) in [5, 5.41) is 4.62. The maximum atomic E-state index is 12.2. The van der Waals surface area contributed by atoms with Gasteiger partial charge < -0.3 is 15.2 Å². The molecule has 6 rings (SSSR count). The lowest BCUT2D eigenvalue weighted by molar-refractivity contribution is -0.127. The first-order valence-corrected chi connectivity index (χ1v) is 13.8. The third kappa shape index (κ3) is 4.36. The van der Waals surface area contributed by atoms with Crippen LogP contribution in [0.5, 0.6) is 0 Å². The summed E-state index contributed by atoms with van der Waals surface area (Å²) in [5.41, 5.74) is 7.63. The van der Waals surface area contributed by atoms with Gasteiger partial charge in [-0.3, -0.25) is 14.3 Å². The zero-order valence-electron chi connectivity index (χ0n) is 21.9. The van der Waals surface area contributed by atoms with E-state index in [4.69, 9.17) is 4.98 Å². The number of amides is 1. The number of aromatic nitrogens is 4. The van der Waals surface area contributed by atoms with Gasteiger partial charge in [0.2, 0.25) is 5.91 Å². The van der Waals surface area contributed by atoms with Crippen LogP contribution in [0.1, 0.15) is 23.3 Å². The maximum Gasteiger partial charge on any atom is 0.246 e. The van der Waals surface area contributed by atoms with Crippen LogP contribution in [0.25, 0.3) is 50.5 Å². The SMILES string of the molecule is C=CC(=O)N1CCC[C@@H](NC(=C)c2sc3nccc4c3c2[nH]c(=C)n4-c2ccnc(-c3ccccc3)c2C)C1. The van der Waals surface area contributed by atoms with Crippen LogP contribution in [0.2, 0.25) is 0 Å². The lowest BCUT2D eigenvalue weighted by Crippen LogP contribution is -2.46. The number of nitrogens with zero attached hydrogens (tertiary/aromatic N) is 4. The number of rotatable bonds is 6. The highest BCUT2D eigenvalue weighted by molar-refractivity contribution is 7.20. The molecular formula is C31H30N6OS. The van der Waals surface area contributed by atoms with Crippen LogP contribution in [-0.4, -0.2) is 49.5 Å². The summed E-state index contributed by atoms with van der Waals surface area (Å²) in [4.78, 5) is 28.9. The van der Waals surface area contributed by atoms with Crippen LogP contribution in [0.15, 0.2) is 74.1 Å². The monoisotopic (exact) mass is 534 g/mol. The van der Waals surface area contributed by atoms with Crippen LogP contribution in [-0.2, 0) is 4.79 Å². The molecule has 2 N–H and O–H groups in total. The van der Waals surface area contributed by atoms with E-state index in [1.807, 2.05) is 47.6 Å². The van der Waals surface area contributed by atoms with E-state index in [0.29, 0.717) is 6.54 Å². The molecule has 4 aromatic heterocycles. The van der Waals surface area contributed by atoms with Gasteiger partial charge in [-0.05, 0) is 43.5 Å². The van der Waals surface area contributed by atoms with E-state index in [-0.39, 0.29) is 11.9 Å². The van der Waals surface area contributed by atoms with Crippen LogP contribution in [0.4, 0.5) is 0 Å². The molecule has 1 aliphatic heterocycles. The van der Waals surface area contributed by atoms with Gasteiger partial charge in [-0.25, -0.2) is 4.98 Å². The van der Waals surface area contributed by atoms with Crippen molar-refractivity contribution in [2.24, 2.45) is 0 Å². The molecule has 1 aromatic carbocycles. The molecular weight excluding hydrogens is 504 g/mol. The fourth-order valence-corrected chi connectivity index (χ4v) is 6.59. The third-order valence-electron chi connectivity index (χ3n) is 7.37. The molecule has 0 radical (unpaired) electrons. The second kappa shape index (κ2) is 10.0. The van der Waals surface area contributed by atoms with Crippen molar-refractivity contribution in [1.29, 1.82) is 0 Å². The summed E-state index contributed by atoms with van der Waals surface area (Å²) in [6.07, 6.45) is 6.99. The van der Waals surface area contributed by atoms with Gasteiger partial charge >= 0.3 is 0 Å². The summed E-state index contributed by atoms with van der Waals surface area (Å²) in [6, 6.07) is 14.4. The number of aromatic amines is 1. The van der Waals surface area contributed by atoms with Gasteiger partial charge in [0.15, 0.2) is 0 Å². The van der Waals surface area contributed by atoms with Crippen molar-refractivity contribution in [2.45, 2.75) is 25.8 Å². The third-order valence-corrected chi connectivity index (χ3v) is 8.53. The Balaban J connectivity index is 1.42. The highest BCUT2D eigenvalue weighted by Crippen LogP contribution is 2.37. The topological polar surface area (TPSA) is 78.8 Å². The van der Waals surface area contributed by atoms with Gasteiger partial charge in [-0.1, -0.05) is 50.1 Å². The number of piperidine rings is 1. The molecule has 1 fully saturated rings. The standard InChI is InChI=1S/C31H30N6OS/c1-5-26(38)36-17-9-12-23(18-36)34-20(3)30-29-27-25(14-16-33-31(27)39-30)37(21(4)35-29)24-13-15-32-28(19(24)2)22-10-7-6-8-11-22/h5-8,10-11,13-16,23,34-35H,1,3-4,9,12,17-18H2,2H3/t23-/m1/s1. The summed E-state index contributed by atoms with van der Waals surface area (Å²) in [6.45, 7) is 15.9. The molecule has 39 heavy (non-hydrogen) atoms. The van der Waals surface area contributed by atoms with E-state index < -0.39 is 0 Å². The van der Waals surface area contributed by atoms with Crippen molar-refractivity contribution in [3.05, 3.63) is 90.0 Å². The van der Waals surface area contributed by atoms with E-state index >= 15 is 0 Å². The van der Waals surface area contributed by atoms with E-state index in [0.717, 1.165) is 79.2 Å². The molecule has 1 atom stereocenters. The van der Waals surface area contributed by atoms with Crippen LogP contribution >= 0.6 is 11.3 Å². The Morgan fingerprint density at radius 1 is 1.18 bits per heavy atom. The number of likely N-dealkylation sites (tertiary alicyclic amines) is 1. The van der Waals surface area contributed by atoms with Gasteiger partial charge in [0.25, 0.3) is 0 Å². The number of benzene rings is 1. The molecule has 0 aliphatic carbocycles. The van der Waals surface area contributed by atoms with Gasteiger partial charge in [0.05, 0.1) is 32.7 Å². The second-order valence-electron chi connectivity index (χ2n) is 9.84. The average Bonchev–Trinajstić information content (AvgIpc) is 3.33. The fraction of sp³-hybridized carbons (Fsp3) is 0.194. The summed E-state index contributed by atoms with van der Waals surface area (Å²) >= 11 is 1.60. The quantitative estimate of drug-likeness (QED) is 0.287. The molecule has 5 heterocycles. The fourth-order valence-electron chi connectivity index (χ4n) is 5.54. The Bertz CT molecular complexity index is 1790. The molecule has 8 heteroatoms. The van der Waals surface area contributed by atoms with Crippen LogP contribution in [0, 0.1) is 6.92 Å². The minimum atomic E-state index is -0.0298. The van der Waals surface area contributed by atoms with Gasteiger partial charge in [-0.15, -0.1) is 11.3 Å². The molecule has 0 unspecified atom stereocenters. The molecule has 7 nitrogen and oxygen atoms in total. The largest absolute Gasteiger partial charge is 0.380 e. The zero-order valence-corrected chi connectivity index (χ0v) is 22.7. The molecule has 1 saturated heterocycles. The Hall–Kier alpha value is -4.43. The van der Waals surface area contributed by atoms with Crippen LogP contribution < -0.4 is 10.8 Å². The Kier molecular flexibility index (Phi) is 6.40. The van der Waals surface area contributed by atoms with E-state index in [2.05, 4.69) is 58.6 Å². The number of nitrogens with one attached hydrogen (secondary N) is 2. The number of thiophene rings is 1. The number of H-pyrrole nitrogens is 1. The maximum absolute atomic E-state index is 12.2. The Morgan fingerprint density at radius 3 is 2.77 bits per heavy atom. The predicted octanol–water partition coefficient (Wildman–Crippen LogP) is 5.37. The van der Waals surface area contributed by atoms with Crippen molar-refractivity contribution in [1.82, 2.24) is 29.7 Å². The average molecular weight is 535 g/mol. The normalized spacial score (nSPS) is 15.5. The minimum Gasteiger partial charge on any atom is -0.380 e. The van der Waals surface area contributed by atoms with Crippen molar-refractivity contribution >= 4 is 50.8 Å². The van der Waals surface area contributed by atoms with Crippen molar-refractivity contribution in [3.8, 4) is 16.9 Å². The molecule has 1 amide bonds. The van der Waals surface area contributed by atoms with E-state index in [1.165, 1.54) is 6.08 Å². The second-order valence-corrected chi connectivity index (χ2v) is 10.8. The number of pyridine rings is 2. The van der Waals surface area contributed by atoms with Gasteiger partial charge in [0.1, 0.15) is 10.3 Å². The number of carbonyl (C=O) groups is 1. The van der Waals surface area contributed by atoms with Crippen molar-refractivity contribution in [3.63, 3.8) is 0 Å². The highest BCUT2D eigenvalue weighted by atomic mass is 32.1. The summed E-state index contributed by atoms with van der Waals surface area (Å²) in [5.74, 6) is -0.0298. The Labute approximate surface area is 230 Å². The zero-order chi connectivity index (χ0) is 27.1. The van der Waals surface area contributed by atoms with Gasteiger partial charge in [0, 0.05) is 42.8 Å². The predicted molar refractivity (Wildman–Crippen MR) is 160 cm³/mol. The number of carbonyl (C=O) groups excluding carboxylic acids is 1. The molecule has 0 spiro atoms. The molecule has 0 saturated carbocycles. The molecule has 1 aliphatic rings. The molecule has 196 valence electrons. The lowest BCUT2D eigenvalue weighted by Gasteiger charge is -2.33. The lowest BCUT2D eigenvalue weighted by atomic mass is 10.0. The summed E-state index contributed by atoms with van der Waals surface area (Å²) in [7, 11) is 0. The van der Waals surface area contributed by atoms with E-state index in [9.17, 15) is 4.79 Å². The summed E-state index contributed by atoms with van der Waals surface area (Å²) < 4.78 is 2.15. The minimum absolute atomic E-state index is 0.0298.